The molecule has 2 aliphatic heterocycles. The largest absolute Gasteiger partial charge is 0.737 e. The van der Waals surface area contributed by atoms with Crippen LogP contribution in [0.4, 0.5) is 17.4 Å². The topological polar surface area (TPSA) is 7.94 Å². The zero-order chi connectivity index (χ0) is 22.1. The van der Waals surface area contributed by atoms with Crippen molar-refractivity contribution in [2.45, 2.75) is 54.4 Å². The van der Waals surface area contributed by atoms with E-state index in [4.69, 9.17) is 0 Å². The lowest BCUT2D eigenvalue weighted by Crippen LogP contribution is -2.51. The van der Waals surface area contributed by atoms with Gasteiger partial charge in [0.2, 0.25) is 0 Å². The Morgan fingerprint density at radius 1 is 0.967 bits per heavy atom. The fraction of sp³-hybridized carbons (Fsp3) is 0.348. The molecule has 0 radical (unpaired) electrons. The van der Waals surface area contributed by atoms with Crippen LogP contribution in [0.3, 0.4) is 0 Å². The van der Waals surface area contributed by atoms with E-state index in [-0.39, 0.29) is 0 Å². The SMILES string of the molecule is CCC1=C(C)C2=C(c3ccc(F)c(F)c3)c3c(C)c(CC)c(C)n3[B-](F)(F)[N+]2=C1C. The molecule has 2 aromatic rings. The molecule has 0 unspecified atom stereocenters. The van der Waals surface area contributed by atoms with Crippen LogP contribution >= 0.6 is 0 Å². The molecule has 0 aliphatic carbocycles. The molecule has 0 atom stereocenters. The minimum Gasteiger partial charge on any atom is -0.393 e. The van der Waals surface area contributed by atoms with Crippen molar-refractivity contribution in [3.05, 3.63) is 74.8 Å². The first-order valence-electron chi connectivity index (χ1n) is 10.3. The second kappa shape index (κ2) is 6.72. The van der Waals surface area contributed by atoms with Gasteiger partial charge in [0.1, 0.15) is 5.71 Å². The molecule has 0 bridgehead atoms. The molecule has 0 amide bonds. The summed E-state index contributed by atoms with van der Waals surface area (Å²) >= 11 is 0. The third kappa shape index (κ3) is 2.47. The molecule has 4 rings (SSSR count). The second-order valence-corrected chi connectivity index (χ2v) is 8.11. The van der Waals surface area contributed by atoms with Crippen molar-refractivity contribution >= 4 is 18.3 Å². The summed E-state index contributed by atoms with van der Waals surface area (Å²) in [7, 11) is 0. The van der Waals surface area contributed by atoms with Gasteiger partial charge in [0.25, 0.3) is 0 Å². The summed E-state index contributed by atoms with van der Waals surface area (Å²) in [6.45, 7) is 6.86. The zero-order valence-electron chi connectivity index (χ0n) is 18.1. The third-order valence-corrected chi connectivity index (χ3v) is 6.70. The van der Waals surface area contributed by atoms with E-state index in [0.717, 1.165) is 43.4 Å². The first-order valence-corrected chi connectivity index (χ1v) is 10.3. The minimum absolute atomic E-state index is 0.397. The fourth-order valence-electron chi connectivity index (χ4n) is 5.40. The molecule has 30 heavy (non-hydrogen) atoms. The Bertz CT molecular complexity index is 1200. The Balaban J connectivity index is 2.23. The van der Waals surface area contributed by atoms with Crippen LogP contribution in [0.2, 0.25) is 0 Å². The van der Waals surface area contributed by atoms with Crippen molar-refractivity contribution in [3.63, 3.8) is 0 Å². The smallest absolute Gasteiger partial charge is 0.393 e. The maximum Gasteiger partial charge on any atom is 0.737 e. The summed E-state index contributed by atoms with van der Waals surface area (Å²) in [6.07, 6.45) is 1.23. The molecular weight excluding hydrogens is 391 g/mol. The van der Waals surface area contributed by atoms with Crippen LogP contribution in [0.15, 0.2) is 35.0 Å². The highest BCUT2D eigenvalue weighted by Gasteiger charge is 2.56. The van der Waals surface area contributed by atoms with Crippen molar-refractivity contribution in [3.8, 4) is 0 Å². The number of halogens is 4. The average Bonchev–Trinajstić information content (AvgIpc) is 3.09. The first-order chi connectivity index (χ1) is 14.1. The predicted octanol–water partition coefficient (Wildman–Crippen LogP) is 6.15. The second-order valence-electron chi connectivity index (χ2n) is 8.11. The van der Waals surface area contributed by atoms with E-state index in [1.807, 2.05) is 27.7 Å². The Morgan fingerprint density at radius 3 is 2.20 bits per heavy atom. The van der Waals surface area contributed by atoms with Crippen LogP contribution in [-0.4, -0.2) is 21.6 Å². The number of rotatable bonds is 3. The van der Waals surface area contributed by atoms with Gasteiger partial charge in [-0.25, -0.2) is 8.78 Å². The van der Waals surface area contributed by atoms with Gasteiger partial charge >= 0.3 is 6.97 Å². The van der Waals surface area contributed by atoms with Crippen molar-refractivity contribution in [1.82, 2.24) is 4.48 Å². The minimum atomic E-state index is -4.13. The first kappa shape index (κ1) is 20.7. The van der Waals surface area contributed by atoms with Crippen LogP contribution in [-0.2, 0) is 6.42 Å². The van der Waals surface area contributed by atoms with E-state index in [1.54, 1.807) is 13.8 Å². The van der Waals surface area contributed by atoms with E-state index in [2.05, 4.69) is 0 Å². The van der Waals surface area contributed by atoms with Crippen LogP contribution in [0.25, 0.3) is 5.57 Å². The van der Waals surface area contributed by atoms with E-state index < -0.39 is 18.6 Å². The van der Waals surface area contributed by atoms with Gasteiger partial charge in [-0.1, -0.05) is 19.9 Å². The molecule has 158 valence electrons. The van der Waals surface area contributed by atoms with Crippen molar-refractivity contribution in [2.75, 3.05) is 0 Å². The highest BCUT2D eigenvalue weighted by molar-refractivity contribution is 6.58. The maximum atomic E-state index is 16.0. The van der Waals surface area contributed by atoms with Crippen LogP contribution < -0.4 is 0 Å². The van der Waals surface area contributed by atoms with Gasteiger partial charge in [0, 0.05) is 23.8 Å². The van der Waals surface area contributed by atoms with Gasteiger partial charge in [-0.15, -0.1) is 0 Å². The lowest BCUT2D eigenvalue weighted by Gasteiger charge is -2.34. The summed E-state index contributed by atoms with van der Waals surface area (Å²) in [6, 6.07) is 3.64. The lowest BCUT2D eigenvalue weighted by atomic mass is 9.83. The third-order valence-electron chi connectivity index (χ3n) is 6.70. The van der Waals surface area contributed by atoms with Gasteiger partial charge in [-0.05, 0) is 68.1 Å². The van der Waals surface area contributed by atoms with Gasteiger partial charge in [-0.3, -0.25) is 0 Å². The van der Waals surface area contributed by atoms with Crippen molar-refractivity contribution in [2.24, 2.45) is 0 Å². The summed E-state index contributed by atoms with van der Waals surface area (Å²) in [4.78, 5) is 0. The summed E-state index contributed by atoms with van der Waals surface area (Å²) in [5.41, 5.74) is 6.02. The lowest BCUT2D eigenvalue weighted by molar-refractivity contribution is -0.363. The monoisotopic (exact) mass is 416 g/mol. The standard InChI is InChI=1S/C23H25BF4N2/c1-7-17-12(3)22-21(16-9-10-19(25)20(26)11-16)23-13(4)18(8-2)15(6)30(23)24(27,28)29(22)14(17)5/h9-11H,7-8H2,1-6H3. The molecule has 1 aromatic heterocycles. The molecule has 1 aromatic carbocycles. The van der Waals surface area contributed by atoms with Crippen molar-refractivity contribution < 1.29 is 21.9 Å². The summed E-state index contributed by atoms with van der Waals surface area (Å²) in [5, 5.41) is 0. The molecule has 0 N–H and O–H groups in total. The van der Waals surface area contributed by atoms with Gasteiger partial charge < -0.3 is 17.6 Å². The number of nitrogens with zero attached hydrogens (tertiary/aromatic N) is 2. The van der Waals surface area contributed by atoms with E-state index in [0.29, 0.717) is 46.8 Å². The number of allylic oxidation sites excluding steroid dienone is 2. The normalized spacial score (nSPS) is 17.8. The highest BCUT2D eigenvalue weighted by Crippen LogP contribution is 2.47. The Morgan fingerprint density at radius 2 is 1.63 bits per heavy atom. The molecule has 0 spiro atoms. The van der Waals surface area contributed by atoms with Gasteiger partial charge in [0.05, 0.1) is 5.57 Å². The zero-order valence-corrected chi connectivity index (χ0v) is 18.1. The van der Waals surface area contributed by atoms with Crippen LogP contribution in [0.1, 0.15) is 62.2 Å². The van der Waals surface area contributed by atoms with E-state index in [9.17, 15) is 8.78 Å². The molecular formula is C23H25BF4N2. The van der Waals surface area contributed by atoms with Crippen LogP contribution in [0.5, 0.6) is 0 Å². The quantitative estimate of drug-likeness (QED) is 0.419. The maximum absolute atomic E-state index is 16.0. The molecule has 7 heteroatoms. The number of hydrogen-bond donors (Lipinski definition) is 0. The highest BCUT2D eigenvalue weighted by atomic mass is 19.2. The Kier molecular flexibility index (Phi) is 4.64. The number of benzene rings is 1. The van der Waals surface area contributed by atoms with Gasteiger partial charge in [0.15, 0.2) is 17.3 Å². The van der Waals surface area contributed by atoms with E-state index in [1.165, 1.54) is 6.07 Å². The molecule has 2 nitrogen and oxygen atoms in total. The van der Waals surface area contributed by atoms with Crippen LogP contribution in [0, 0.1) is 25.5 Å². The number of hydrogen-bond acceptors (Lipinski definition) is 0. The molecule has 3 heterocycles. The van der Waals surface area contributed by atoms with Gasteiger partial charge in [-0.2, -0.15) is 0 Å². The Hall–Kier alpha value is -2.57. The fourth-order valence-corrected chi connectivity index (χ4v) is 5.40. The molecule has 0 saturated heterocycles. The molecule has 0 fully saturated rings. The number of aromatic nitrogens is 1. The number of fused-ring (bicyclic) bond motifs is 2. The Labute approximate surface area is 174 Å². The van der Waals surface area contributed by atoms with E-state index >= 15 is 8.63 Å². The summed E-state index contributed by atoms with van der Waals surface area (Å²) in [5.74, 6) is -1.95. The predicted molar refractivity (Wildman–Crippen MR) is 113 cm³/mol. The molecule has 2 aliphatic rings. The summed E-state index contributed by atoms with van der Waals surface area (Å²) < 4.78 is 62.2. The van der Waals surface area contributed by atoms with Crippen molar-refractivity contribution in [1.29, 1.82) is 0 Å². The molecule has 0 saturated carbocycles. The average molecular weight is 416 g/mol.